The fourth-order valence-corrected chi connectivity index (χ4v) is 3.86. The van der Waals surface area contributed by atoms with E-state index in [0.717, 1.165) is 19.3 Å². The molecule has 5 nitrogen and oxygen atoms in total. The molecule has 0 spiro atoms. The molecule has 1 unspecified atom stereocenters. The Morgan fingerprint density at radius 1 is 1.22 bits per heavy atom. The van der Waals surface area contributed by atoms with Crippen molar-refractivity contribution < 1.29 is 24.5 Å². The summed E-state index contributed by atoms with van der Waals surface area (Å²) < 4.78 is 11.7. The van der Waals surface area contributed by atoms with Crippen molar-refractivity contribution in [2.75, 3.05) is 0 Å². The molecular weight excluding hydrogens is 344 g/mol. The second-order valence-corrected chi connectivity index (χ2v) is 8.74. The maximum Gasteiger partial charge on any atom is 0.338 e. The minimum absolute atomic E-state index is 0.1000. The van der Waals surface area contributed by atoms with Crippen LogP contribution in [-0.2, 0) is 9.47 Å². The van der Waals surface area contributed by atoms with E-state index in [1.807, 2.05) is 6.92 Å². The number of phenolic OH excluding ortho intramolecular Hbond substituents is 1. The summed E-state index contributed by atoms with van der Waals surface area (Å²) in [5.74, 6) is -0.354. The maximum atomic E-state index is 12.6. The van der Waals surface area contributed by atoms with E-state index in [4.69, 9.17) is 9.47 Å². The van der Waals surface area contributed by atoms with Crippen LogP contribution in [0.1, 0.15) is 63.7 Å². The van der Waals surface area contributed by atoms with Gasteiger partial charge < -0.3 is 19.7 Å². The van der Waals surface area contributed by atoms with Gasteiger partial charge in [-0.25, -0.2) is 4.79 Å². The van der Waals surface area contributed by atoms with Crippen molar-refractivity contribution in [3.8, 4) is 5.75 Å². The lowest BCUT2D eigenvalue weighted by molar-refractivity contribution is 0.00800. The fourth-order valence-electron chi connectivity index (χ4n) is 3.86. The number of ether oxygens (including phenoxy) is 2. The normalized spacial score (nSPS) is 35.1. The third kappa shape index (κ3) is 4.19. The number of aromatic hydroxyl groups is 1. The third-order valence-corrected chi connectivity index (χ3v) is 6.04. The van der Waals surface area contributed by atoms with Gasteiger partial charge in [0.05, 0.1) is 11.7 Å². The van der Waals surface area contributed by atoms with Crippen LogP contribution in [0.25, 0.3) is 0 Å². The number of benzene rings is 1. The zero-order chi connectivity index (χ0) is 19.8. The van der Waals surface area contributed by atoms with Crippen molar-refractivity contribution in [3.05, 3.63) is 41.5 Å². The van der Waals surface area contributed by atoms with E-state index in [0.29, 0.717) is 12.0 Å². The SMILES string of the molecule is C/C1=C\CC(OC(=O)c2ccc(O)cc2)[C@@]2(C)O[C@@H]2[C@@H](O)C(C)(C)CCC1. The molecule has 27 heavy (non-hydrogen) atoms. The number of esters is 1. The van der Waals surface area contributed by atoms with Gasteiger partial charge in [-0.3, -0.25) is 0 Å². The average Bonchev–Trinajstić information content (AvgIpc) is 3.30. The number of carbonyl (C=O) groups excluding carboxylic acids is 1. The molecule has 5 heteroatoms. The van der Waals surface area contributed by atoms with Crippen LogP contribution in [0, 0.1) is 5.41 Å². The van der Waals surface area contributed by atoms with Gasteiger partial charge in [0.2, 0.25) is 0 Å². The molecule has 1 aromatic carbocycles. The summed E-state index contributed by atoms with van der Waals surface area (Å²) in [5, 5.41) is 20.3. The van der Waals surface area contributed by atoms with E-state index in [9.17, 15) is 15.0 Å². The average molecular weight is 374 g/mol. The zero-order valence-electron chi connectivity index (χ0n) is 16.6. The Hall–Kier alpha value is -1.85. The smallest absolute Gasteiger partial charge is 0.338 e. The molecule has 1 aliphatic heterocycles. The van der Waals surface area contributed by atoms with Gasteiger partial charge in [0.15, 0.2) is 0 Å². The number of fused-ring (bicyclic) bond motifs is 1. The molecule has 1 aromatic rings. The number of rotatable bonds is 2. The molecule has 0 saturated carbocycles. The summed E-state index contributed by atoms with van der Waals surface area (Å²) in [5.41, 5.74) is 0.668. The van der Waals surface area contributed by atoms with Crippen LogP contribution in [0.2, 0.25) is 0 Å². The van der Waals surface area contributed by atoms with Crippen molar-refractivity contribution >= 4 is 5.97 Å². The van der Waals surface area contributed by atoms with Crippen LogP contribution < -0.4 is 0 Å². The lowest BCUT2D eigenvalue weighted by Gasteiger charge is -2.31. The summed E-state index contributed by atoms with van der Waals surface area (Å²) in [6.45, 7) is 8.13. The molecule has 1 heterocycles. The van der Waals surface area contributed by atoms with E-state index in [1.165, 1.54) is 29.8 Å². The first-order valence-electron chi connectivity index (χ1n) is 9.65. The molecule has 1 fully saturated rings. The first-order valence-corrected chi connectivity index (χ1v) is 9.65. The van der Waals surface area contributed by atoms with E-state index < -0.39 is 23.8 Å². The van der Waals surface area contributed by atoms with Gasteiger partial charge in [-0.2, -0.15) is 0 Å². The lowest BCUT2D eigenvalue weighted by atomic mass is 9.77. The zero-order valence-corrected chi connectivity index (χ0v) is 16.6. The standard InChI is InChI=1S/C22H30O5/c1-14-6-5-13-21(2,3)18(24)19-22(4,27-19)17(12-7-14)26-20(25)15-8-10-16(23)11-9-15/h7-11,17-19,23-24H,5-6,12-13H2,1-4H3/b14-7+/t17?,18-,19-,22-/m1/s1. The molecule has 148 valence electrons. The number of carbonyl (C=O) groups is 1. The minimum atomic E-state index is -0.704. The van der Waals surface area contributed by atoms with Gasteiger partial charge in [0, 0.05) is 6.42 Å². The molecule has 1 saturated heterocycles. The molecular formula is C22H30O5. The Bertz CT molecular complexity index is 721. The topological polar surface area (TPSA) is 79.3 Å². The predicted molar refractivity (Wildman–Crippen MR) is 103 cm³/mol. The van der Waals surface area contributed by atoms with E-state index >= 15 is 0 Å². The van der Waals surface area contributed by atoms with Gasteiger partial charge in [-0.05, 0) is 62.8 Å². The van der Waals surface area contributed by atoms with Crippen LogP contribution in [0.15, 0.2) is 35.9 Å². The van der Waals surface area contributed by atoms with Gasteiger partial charge in [-0.1, -0.05) is 25.5 Å². The van der Waals surface area contributed by atoms with E-state index in [1.54, 1.807) is 0 Å². The first-order chi connectivity index (χ1) is 12.6. The number of phenols is 1. The predicted octanol–water partition coefficient (Wildman–Crippen LogP) is 3.98. The highest BCUT2D eigenvalue weighted by molar-refractivity contribution is 5.89. The molecule has 0 amide bonds. The number of hydrogen-bond acceptors (Lipinski definition) is 5. The molecule has 2 N–H and O–H groups in total. The van der Waals surface area contributed by atoms with Crippen molar-refractivity contribution in [1.29, 1.82) is 0 Å². The van der Waals surface area contributed by atoms with Crippen molar-refractivity contribution in [2.45, 2.75) is 77.3 Å². The summed E-state index contributed by atoms with van der Waals surface area (Å²) in [7, 11) is 0. The van der Waals surface area contributed by atoms with Crippen LogP contribution in [0.3, 0.4) is 0 Å². The monoisotopic (exact) mass is 374 g/mol. The number of hydrogen-bond donors (Lipinski definition) is 2. The van der Waals surface area contributed by atoms with Crippen LogP contribution >= 0.6 is 0 Å². The highest BCUT2D eigenvalue weighted by Crippen LogP contribution is 2.49. The number of epoxide rings is 1. The summed E-state index contributed by atoms with van der Waals surface area (Å²) >= 11 is 0. The second kappa shape index (κ2) is 7.28. The Morgan fingerprint density at radius 3 is 2.56 bits per heavy atom. The number of aliphatic hydroxyl groups is 1. The number of aliphatic hydroxyl groups excluding tert-OH is 1. The van der Waals surface area contributed by atoms with Crippen LogP contribution in [-0.4, -0.2) is 40.1 Å². The highest BCUT2D eigenvalue weighted by Gasteiger charge is 2.64. The Kier molecular flexibility index (Phi) is 5.37. The Labute approximate surface area is 161 Å². The second-order valence-electron chi connectivity index (χ2n) is 8.74. The van der Waals surface area contributed by atoms with Crippen LogP contribution in [0.5, 0.6) is 5.75 Å². The summed E-state index contributed by atoms with van der Waals surface area (Å²) in [4.78, 5) is 12.6. The molecule has 0 aromatic heterocycles. The molecule has 0 radical (unpaired) electrons. The Balaban J connectivity index is 1.83. The molecule has 1 aliphatic carbocycles. The third-order valence-electron chi connectivity index (χ3n) is 6.04. The van der Waals surface area contributed by atoms with Crippen molar-refractivity contribution in [1.82, 2.24) is 0 Å². The molecule has 2 aliphatic rings. The van der Waals surface area contributed by atoms with E-state index in [-0.39, 0.29) is 17.3 Å². The largest absolute Gasteiger partial charge is 0.508 e. The lowest BCUT2D eigenvalue weighted by Crippen LogP contribution is -2.41. The Morgan fingerprint density at radius 2 is 1.89 bits per heavy atom. The fraction of sp³-hybridized carbons (Fsp3) is 0.591. The van der Waals surface area contributed by atoms with Gasteiger partial charge in [-0.15, -0.1) is 0 Å². The first kappa shape index (κ1) is 19.9. The molecule has 4 atom stereocenters. The van der Waals surface area contributed by atoms with Gasteiger partial charge >= 0.3 is 5.97 Å². The van der Waals surface area contributed by atoms with Gasteiger partial charge in [0.1, 0.15) is 23.6 Å². The summed E-state index contributed by atoms with van der Waals surface area (Å²) in [6, 6.07) is 6.00. The minimum Gasteiger partial charge on any atom is -0.508 e. The summed E-state index contributed by atoms with van der Waals surface area (Å²) in [6.07, 6.45) is 4.10. The highest BCUT2D eigenvalue weighted by atomic mass is 16.7. The maximum absolute atomic E-state index is 12.6. The van der Waals surface area contributed by atoms with Gasteiger partial charge in [0.25, 0.3) is 0 Å². The van der Waals surface area contributed by atoms with Crippen LogP contribution in [0.4, 0.5) is 0 Å². The van der Waals surface area contributed by atoms with Crippen molar-refractivity contribution in [3.63, 3.8) is 0 Å². The van der Waals surface area contributed by atoms with E-state index in [2.05, 4.69) is 26.8 Å². The quantitative estimate of drug-likeness (QED) is 0.465. The molecule has 3 rings (SSSR count). The molecule has 0 bridgehead atoms. The van der Waals surface area contributed by atoms with Crippen molar-refractivity contribution in [2.24, 2.45) is 5.41 Å². The number of allylic oxidation sites excluding steroid dienone is 1.